The van der Waals surface area contributed by atoms with Gasteiger partial charge in [0, 0.05) is 13.1 Å². The van der Waals surface area contributed by atoms with Crippen LogP contribution in [-0.4, -0.2) is 30.6 Å². The molecule has 0 heterocycles. The third kappa shape index (κ3) is 2.45. The van der Waals surface area contributed by atoms with E-state index in [1.807, 2.05) is 14.0 Å². The molecule has 18 heavy (non-hydrogen) atoms. The summed E-state index contributed by atoms with van der Waals surface area (Å²) in [7, 11) is 1.86. The van der Waals surface area contributed by atoms with Crippen LogP contribution in [0.5, 0.6) is 0 Å². The molecule has 0 aromatic carbocycles. The molecule has 0 atom stereocenters. The molecule has 100 valence electrons. The number of ether oxygens (including phenoxy) is 1. The van der Waals surface area contributed by atoms with Crippen LogP contribution < -0.4 is 0 Å². The van der Waals surface area contributed by atoms with E-state index in [4.69, 9.17) is 10.00 Å². The average molecular weight is 250 g/mol. The lowest BCUT2D eigenvalue weighted by Crippen LogP contribution is -2.50. The molecule has 0 aromatic rings. The van der Waals surface area contributed by atoms with Gasteiger partial charge in [-0.05, 0) is 50.9 Å². The summed E-state index contributed by atoms with van der Waals surface area (Å²) in [6.07, 6.45) is 8.58. The first-order valence-corrected chi connectivity index (χ1v) is 6.89. The number of esters is 1. The second-order valence-electron chi connectivity index (χ2n) is 5.80. The molecule has 0 unspecified atom stereocenters. The largest absolute Gasteiger partial charge is 0.466 e. The molecule has 0 radical (unpaired) electrons. The van der Waals surface area contributed by atoms with Gasteiger partial charge in [-0.2, -0.15) is 5.26 Å². The first-order chi connectivity index (χ1) is 8.60. The van der Waals surface area contributed by atoms with Crippen LogP contribution in [-0.2, 0) is 9.53 Å². The molecule has 2 saturated carbocycles. The zero-order valence-corrected chi connectivity index (χ0v) is 11.3. The molecule has 0 saturated heterocycles. The van der Waals surface area contributed by atoms with E-state index in [9.17, 15) is 4.79 Å². The van der Waals surface area contributed by atoms with E-state index < -0.39 is 0 Å². The van der Waals surface area contributed by atoms with Crippen LogP contribution in [0.2, 0.25) is 0 Å². The zero-order valence-electron chi connectivity index (χ0n) is 11.3. The topological polar surface area (TPSA) is 53.3 Å². The van der Waals surface area contributed by atoms with Crippen molar-refractivity contribution in [2.24, 2.45) is 11.3 Å². The van der Waals surface area contributed by atoms with E-state index in [-0.39, 0.29) is 11.9 Å². The lowest BCUT2D eigenvalue weighted by molar-refractivity contribution is -0.151. The number of carbonyl (C=O) groups excluding carboxylic acids is 1. The van der Waals surface area contributed by atoms with Crippen LogP contribution in [0.25, 0.3) is 0 Å². The molecule has 4 heteroatoms. The fourth-order valence-electron chi connectivity index (χ4n) is 3.43. The molecule has 2 fully saturated rings. The Kier molecular flexibility index (Phi) is 3.79. The van der Waals surface area contributed by atoms with Gasteiger partial charge >= 0.3 is 5.97 Å². The van der Waals surface area contributed by atoms with Gasteiger partial charge in [0.15, 0.2) is 6.19 Å². The van der Waals surface area contributed by atoms with Crippen molar-refractivity contribution in [3.8, 4) is 6.19 Å². The maximum absolute atomic E-state index is 11.7. The number of hydrogen-bond acceptors (Lipinski definition) is 4. The predicted molar refractivity (Wildman–Crippen MR) is 67.4 cm³/mol. The van der Waals surface area contributed by atoms with E-state index in [0.29, 0.717) is 18.1 Å². The Morgan fingerprint density at radius 1 is 1.44 bits per heavy atom. The third-order valence-electron chi connectivity index (χ3n) is 4.71. The Labute approximate surface area is 109 Å². The molecular weight excluding hydrogens is 228 g/mol. The summed E-state index contributed by atoms with van der Waals surface area (Å²) in [6.45, 7) is 2.34. The van der Waals surface area contributed by atoms with Gasteiger partial charge in [-0.15, -0.1) is 0 Å². The van der Waals surface area contributed by atoms with Crippen LogP contribution in [0.3, 0.4) is 0 Å². The van der Waals surface area contributed by atoms with Crippen LogP contribution >= 0.6 is 0 Å². The third-order valence-corrected chi connectivity index (χ3v) is 4.71. The van der Waals surface area contributed by atoms with Crippen molar-refractivity contribution < 1.29 is 9.53 Å². The molecule has 2 aliphatic carbocycles. The average Bonchev–Trinajstić information content (AvgIpc) is 2.35. The fraction of sp³-hybridized carbons (Fsp3) is 0.857. The summed E-state index contributed by atoms with van der Waals surface area (Å²) < 4.78 is 5.09. The number of nitrogens with zero attached hydrogens (tertiary/aromatic N) is 2. The maximum atomic E-state index is 11.7. The van der Waals surface area contributed by atoms with Gasteiger partial charge in [-0.1, -0.05) is 0 Å². The highest BCUT2D eigenvalue weighted by Crippen LogP contribution is 2.54. The van der Waals surface area contributed by atoms with Gasteiger partial charge in [0.05, 0.1) is 12.5 Å². The summed E-state index contributed by atoms with van der Waals surface area (Å²) >= 11 is 0. The van der Waals surface area contributed by atoms with Gasteiger partial charge < -0.3 is 9.64 Å². The number of hydrogen-bond donors (Lipinski definition) is 0. The Balaban J connectivity index is 1.79. The summed E-state index contributed by atoms with van der Waals surface area (Å²) in [4.78, 5) is 13.4. The second kappa shape index (κ2) is 5.17. The lowest BCUT2D eigenvalue weighted by atomic mass is 9.56. The minimum absolute atomic E-state index is 0.0163. The molecule has 2 aliphatic rings. The first kappa shape index (κ1) is 13.2. The molecule has 0 bridgehead atoms. The van der Waals surface area contributed by atoms with Gasteiger partial charge in [0.2, 0.25) is 0 Å². The van der Waals surface area contributed by atoms with Crippen molar-refractivity contribution in [1.82, 2.24) is 4.90 Å². The lowest BCUT2D eigenvalue weighted by Gasteiger charge is -2.52. The highest BCUT2D eigenvalue weighted by Gasteiger charge is 2.48. The first-order valence-electron chi connectivity index (χ1n) is 6.89. The summed E-state index contributed by atoms with van der Waals surface area (Å²) in [6, 6.07) is 0.425. The molecule has 0 amide bonds. The minimum atomic E-state index is -0.0163. The van der Waals surface area contributed by atoms with Crippen molar-refractivity contribution in [2.45, 2.75) is 51.5 Å². The molecule has 2 rings (SSSR count). The van der Waals surface area contributed by atoms with Crippen molar-refractivity contribution >= 4 is 5.97 Å². The molecule has 0 aliphatic heterocycles. The van der Waals surface area contributed by atoms with E-state index >= 15 is 0 Å². The number of carbonyl (C=O) groups is 1. The standard InChI is InChI=1S/C14H22N2O2/c1-3-18-13(17)11-4-6-14(7-5-11)8-12(9-14)16(2)10-15/h11-12H,3-9H2,1-2H3. The SMILES string of the molecule is CCOC(=O)C1CCC2(CC1)CC(N(C)C#N)C2. The maximum Gasteiger partial charge on any atom is 0.308 e. The number of rotatable bonds is 3. The smallest absolute Gasteiger partial charge is 0.308 e. The second-order valence-corrected chi connectivity index (χ2v) is 5.80. The van der Waals surface area contributed by atoms with Crippen LogP contribution in [0.4, 0.5) is 0 Å². The monoisotopic (exact) mass is 250 g/mol. The van der Waals surface area contributed by atoms with Crippen molar-refractivity contribution in [1.29, 1.82) is 5.26 Å². The van der Waals surface area contributed by atoms with Gasteiger partial charge in [0.25, 0.3) is 0 Å². The molecule has 0 N–H and O–H groups in total. The summed E-state index contributed by atoms with van der Waals surface area (Å²) in [5, 5.41) is 8.85. The van der Waals surface area contributed by atoms with E-state index in [1.165, 1.54) is 0 Å². The van der Waals surface area contributed by atoms with E-state index in [1.54, 1.807) is 4.90 Å². The fourth-order valence-corrected chi connectivity index (χ4v) is 3.43. The summed E-state index contributed by atoms with van der Waals surface area (Å²) in [5.74, 6) is 0.0979. The highest BCUT2D eigenvalue weighted by molar-refractivity contribution is 5.72. The quantitative estimate of drug-likeness (QED) is 0.438. The molecular formula is C14H22N2O2. The molecule has 0 aromatic heterocycles. The highest BCUT2D eigenvalue weighted by atomic mass is 16.5. The number of nitriles is 1. The Morgan fingerprint density at radius 2 is 2.06 bits per heavy atom. The van der Waals surface area contributed by atoms with Gasteiger partial charge in [-0.25, -0.2) is 0 Å². The Hall–Kier alpha value is -1.24. The zero-order chi connectivity index (χ0) is 13.2. The van der Waals surface area contributed by atoms with Crippen molar-refractivity contribution in [3.63, 3.8) is 0 Å². The molecule has 4 nitrogen and oxygen atoms in total. The van der Waals surface area contributed by atoms with Crippen LogP contribution in [0.1, 0.15) is 45.4 Å². The van der Waals surface area contributed by atoms with Crippen LogP contribution in [0, 0.1) is 22.8 Å². The van der Waals surface area contributed by atoms with E-state index in [0.717, 1.165) is 38.5 Å². The van der Waals surface area contributed by atoms with E-state index in [2.05, 4.69) is 6.19 Å². The van der Waals surface area contributed by atoms with Gasteiger partial charge in [0.1, 0.15) is 0 Å². The summed E-state index contributed by atoms with van der Waals surface area (Å²) in [5.41, 5.74) is 0.415. The Bertz CT molecular complexity index is 345. The van der Waals surface area contributed by atoms with Crippen molar-refractivity contribution in [2.75, 3.05) is 13.7 Å². The van der Waals surface area contributed by atoms with Crippen molar-refractivity contribution in [3.05, 3.63) is 0 Å². The van der Waals surface area contributed by atoms with Crippen LogP contribution in [0.15, 0.2) is 0 Å². The Morgan fingerprint density at radius 3 is 2.56 bits per heavy atom. The molecule has 1 spiro atoms. The minimum Gasteiger partial charge on any atom is -0.466 e. The predicted octanol–water partition coefficient (Wildman–Crippen LogP) is 2.30. The van der Waals surface area contributed by atoms with Gasteiger partial charge in [-0.3, -0.25) is 4.79 Å². The normalized spacial score (nSPS) is 34.5.